The maximum atomic E-state index is 13.7. The quantitative estimate of drug-likeness (QED) is 0.637. The van der Waals surface area contributed by atoms with Crippen LogP contribution in [0, 0.1) is 5.41 Å². The first-order valence-electron chi connectivity index (χ1n) is 11.1. The number of nitrogens with zero attached hydrogens (tertiary/aromatic N) is 1. The van der Waals surface area contributed by atoms with Crippen molar-refractivity contribution >= 4 is 17.8 Å². The molecule has 2 aromatic rings. The molecule has 0 spiro atoms. The molecule has 4 atom stereocenters. The van der Waals surface area contributed by atoms with Crippen molar-refractivity contribution in [2.24, 2.45) is 10.4 Å². The lowest BCUT2D eigenvalue weighted by molar-refractivity contribution is -0.200. The summed E-state index contributed by atoms with van der Waals surface area (Å²) in [6.45, 7) is 7.60. The number of aliphatic imine (C=N–C) groups is 1. The highest BCUT2D eigenvalue weighted by atomic mass is 16.6. The van der Waals surface area contributed by atoms with E-state index in [1.807, 2.05) is 55.5 Å². The Morgan fingerprint density at radius 2 is 1.56 bits per heavy atom. The van der Waals surface area contributed by atoms with E-state index >= 15 is 0 Å². The van der Waals surface area contributed by atoms with Crippen molar-refractivity contribution in [1.82, 2.24) is 0 Å². The summed E-state index contributed by atoms with van der Waals surface area (Å²) < 4.78 is 17.3. The lowest BCUT2D eigenvalue weighted by Crippen LogP contribution is -2.74. The van der Waals surface area contributed by atoms with E-state index in [-0.39, 0.29) is 12.5 Å². The smallest absolute Gasteiger partial charge is 0.319 e. The van der Waals surface area contributed by atoms with E-state index in [4.69, 9.17) is 19.2 Å². The molecular weight excluding hydrogens is 406 g/mol. The summed E-state index contributed by atoms with van der Waals surface area (Å²) in [6.07, 6.45) is -0.563. The van der Waals surface area contributed by atoms with Crippen LogP contribution in [0.4, 0.5) is 0 Å². The fourth-order valence-corrected chi connectivity index (χ4v) is 5.74. The topological polar surface area (TPSA) is 74.2 Å². The van der Waals surface area contributed by atoms with Crippen molar-refractivity contribution in [2.75, 3.05) is 13.2 Å². The van der Waals surface area contributed by atoms with Gasteiger partial charge in [0.15, 0.2) is 6.10 Å². The Labute approximate surface area is 188 Å². The molecule has 1 heterocycles. The minimum absolute atomic E-state index is 0.213. The van der Waals surface area contributed by atoms with Crippen LogP contribution in [-0.4, -0.2) is 37.2 Å². The van der Waals surface area contributed by atoms with Gasteiger partial charge in [-0.05, 0) is 31.4 Å². The highest BCUT2D eigenvalue weighted by Crippen LogP contribution is 2.74. The molecule has 2 aromatic carbocycles. The van der Waals surface area contributed by atoms with Gasteiger partial charge in [-0.15, -0.1) is 0 Å². The number of rotatable bonds is 6. The highest BCUT2D eigenvalue weighted by molar-refractivity contribution is 5.99. The van der Waals surface area contributed by atoms with Gasteiger partial charge in [0, 0.05) is 12.3 Å². The lowest BCUT2D eigenvalue weighted by Gasteiger charge is -2.64. The monoisotopic (exact) mass is 435 g/mol. The van der Waals surface area contributed by atoms with Gasteiger partial charge in [-0.1, -0.05) is 67.6 Å². The fourth-order valence-electron chi connectivity index (χ4n) is 5.74. The van der Waals surface area contributed by atoms with Gasteiger partial charge in [0.2, 0.25) is 5.90 Å². The summed E-state index contributed by atoms with van der Waals surface area (Å²) in [5, 5.41) is 0. The van der Waals surface area contributed by atoms with E-state index in [9.17, 15) is 9.59 Å². The molecule has 0 radical (unpaired) electrons. The minimum atomic E-state index is -1.23. The number of fused-ring (bicyclic) bond motifs is 1. The normalized spacial score (nSPS) is 30.5. The maximum Gasteiger partial charge on any atom is 0.319 e. The third kappa shape index (κ3) is 2.81. The van der Waals surface area contributed by atoms with Crippen LogP contribution in [0.25, 0.3) is 0 Å². The summed E-state index contributed by atoms with van der Waals surface area (Å²) in [5.74, 6) is -0.663. The molecule has 2 aliphatic rings. The van der Waals surface area contributed by atoms with Crippen LogP contribution in [0.3, 0.4) is 0 Å². The van der Waals surface area contributed by atoms with E-state index in [0.717, 1.165) is 11.1 Å². The maximum absolute atomic E-state index is 13.7. The molecule has 6 nitrogen and oxygen atoms in total. The molecule has 1 fully saturated rings. The molecule has 1 saturated carbocycles. The molecule has 0 aromatic heterocycles. The first-order chi connectivity index (χ1) is 15.4. The molecule has 32 heavy (non-hydrogen) atoms. The van der Waals surface area contributed by atoms with Crippen LogP contribution in [0.1, 0.15) is 45.2 Å². The third-order valence-corrected chi connectivity index (χ3v) is 6.84. The summed E-state index contributed by atoms with van der Waals surface area (Å²) in [7, 11) is 0. The van der Waals surface area contributed by atoms with Gasteiger partial charge in [0.1, 0.15) is 11.0 Å². The first kappa shape index (κ1) is 22.1. The minimum Gasteiger partial charge on any atom is -0.479 e. The Morgan fingerprint density at radius 1 is 0.969 bits per heavy atom. The molecule has 0 unspecified atom stereocenters. The van der Waals surface area contributed by atoms with Crippen molar-refractivity contribution in [3.8, 4) is 0 Å². The Balaban J connectivity index is 2.03. The van der Waals surface area contributed by atoms with Crippen molar-refractivity contribution in [3.05, 3.63) is 71.8 Å². The van der Waals surface area contributed by atoms with Gasteiger partial charge in [0.25, 0.3) is 0 Å². The second-order valence-corrected chi connectivity index (χ2v) is 8.52. The van der Waals surface area contributed by atoms with Crippen molar-refractivity contribution < 1.29 is 23.8 Å². The summed E-state index contributed by atoms with van der Waals surface area (Å²) in [4.78, 5) is 31.0. The molecular formula is C26H29NO5. The third-order valence-electron chi connectivity index (χ3n) is 6.84. The van der Waals surface area contributed by atoms with Gasteiger partial charge < -0.3 is 14.2 Å². The van der Waals surface area contributed by atoms with E-state index in [0.29, 0.717) is 13.0 Å². The SMILES string of the molecule is CCOC(=O)[C@]12C[C@@](C)(c3ccccc3)[C@@]1(c1ccccc1)N=C(OCC)[C@H]2OC(C)=O. The molecule has 1 aliphatic heterocycles. The number of hydrogen-bond acceptors (Lipinski definition) is 6. The summed E-state index contributed by atoms with van der Waals surface area (Å²) in [5.41, 5.74) is -0.936. The van der Waals surface area contributed by atoms with Crippen LogP contribution in [0.15, 0.2) is 65.7 Å². The Morgan fingerprint density at radius 3 is 2.09 bits per heavy atom. The van der Waals surface area contributed by atoms with Gasteiger partial charge in [-0.2, -0.15) is 0 Å². The number of ether oxygens (including phenoxy) is 3. The average Bonchev–Trinajstić information content (AvgIpc) is 3.01. The molecule has 0 bridgehead atoms. The molecule has 0 saturated heterocycles. The zero-order chi connectivity index (χ0) is 23.0. The fraction of sp³-hybridized carbons (Fsp3) is 0.423. The number of hydrogen-bond donors (Lipinski definition) is 0. The molecule has 1 aliphatic carbocycles. The average molecular weight is 436 g/mol. The highest BCUT2D eigenvalue weighted by Gasteiger charge is 2.84. The number of benzene rings is 2. The Kier molecular flexibility index (Phi) is 5.57. The number of carbonyl (C=O) groups is 2. The van der Waals surface area contributed by atoms with Crippen LogP contribution in [-0.2, 0) is 34.8 Å². The molecule has 0 N–H and O–H groups in total. The second-order valence-electron chi connectivity index (χ2n) is 8.52. The van der Waals surface area contributed by atoms with Crippen LogP contribution in [0.5, 0.6) is 0 Å². The van der Waals surface area contributed by atoms with Crippen LogP contribution < -0.4 is 0 Å². The van der Waals surface area contributed by atoms with Gasteiger partial charge >= 0.3 is 11.9 Å². The second kappa shape index (κ2) is 8.08. The van der Waals surface area contributed by atoms with Crippen molar-refractivity contribution in [1.29, 1.82) is 0 Å². The van der Waals surface area contributed by atoms with Crippen molar-refractivity contribution in [3.63, 3.8) is 0 Å². The van der Waals surface area contributed by atoms with Gasteiger partial charge in [-0.3, -0.25) is 9.59 Å². The van der Waals surface area contributed by atoms with E-state index in [1.165, 1.54) is 6.92 Å². The van der Waals surface area contributed by atoms with E-state index in [1.54, 1.807) is 6.92 Å². The Hall–Kier alpha value is -3.15. The standard InChI is InChI=1S/C26H29NO5/c1-5-30-22-21(32-18(3)28)25(23(29)31-6-2)17-24(4,19-13-9-7-10-14-19)26(25,27-22)20-15-11-8-12-16-20/h7-16,21H,5-6,17H2,1-4H3/t21-,24+,25-,26-/m1/s1. The first-order valence-corrected chi connectivity index (χ1v) is 11.1. The summed E-state index contributed by atoms with van der Waals surface area (Å²) in [6, 6.07) is 19.8. The van der Waals surface area contributed by atoms with E-state index in [2.05, 4.69) is 19.1 Å². The lowest BCUT2D eigenvalue weighted by atomic mass is 9.37. The molecule has 168 valence electrons. The van der Waals surface area contributed by atoms with Crippen LogP contribution in [0.2, 0.25) is 0 Å². The molecule has 4 rings (SSSR count). The molecule has 0 amide bonds. The molecule has 6 heteroatoms. The van der Waals surface area contributed by atoms with Crippen LogP contribution >= 0.6 is 0 Å². The predicted molar refractivity (Wildman–Crippen MR) is 120 cm³/mol. The largest absolute Gasteiger partial charge is 0.479 e. The zero-order valence-electron chi connectivity index (χ0n) is 19.0. The zero-order valence-corrected chi connectivity index (χ0v) is 19.0. The number of esters is 2. The predicted octanol–water partition coefficient (Wildman–Crippen LogP) is 4.17. The summed E-state index contributed by atoms with van der Waals surface area (Å²) >= 11 is 0. The van der Waals surface area contributed by atoms with Crippen molar-refractivity contribution in [2.45, 2.75) is 51.2 Å². The van der Waals surface area contributed by atoms with Gasteiger partial charge in [-0.25, -0.2) is 4.99 Å². The van der Waals surface area contributed by atoms with E-state index < -0.39 is 34.4 Å². The Bertz CT molecular complexity index is 1040. The number of carbonyl (C=O) groups excluding carboxylic acids is 2. The van der Waals surface area contributed by atoms with Gasteiger partial charge in [0.05, 0.1) is 13.2 Å².